The van der Waals surface area contributed by atoms with Gasteiger partial charge in [-0.05, 0) is 25.7 Å². The number of carbonyl (C=O) groups is 2. The number of carboxylic acids is 1. The summed E-state index contributed by atoms with van der Waals surface area (Å²) in [6, 6.07) is -0.307. The first-order chi connectivity index (χ1) is 10.1. The maximum Gasteiger partial charge on any atom is 0.311 e. The lowest BCUT2D eigenvalue weighted by molar-refractivity contribution is -0.149. The van der Waals surface area contributed by atoms with Crippen LogP contribution in [0.15, 0.2) is 0 Å². The molecule has 0 aromatic rings. The summed E-state index contributed by atoms with van der Waals surface area (Å²) in [4.78, 5) is 26.3. The van der Waals surface area contributed by atoms with Gasteiger partial charge in [-0.3, -0.25) is 9.59 Å². The maximum absolute atomic E-state index is 13.1. The fraction of sp³-hybridized carbons (Fsp3) is 0.875. The van der Waals surface area contributed by atoms with Crippen LogP contribution in [0.4, 0.5) is 0 Å². The minimum Gasteiger partial charge on any atom is -0.481 e. The number of rotatable bonds is 6. The lowest BCUT2D eigenvalue weighted by atomic mass is 9.81. The van der Waals surface area contributed by atoms with E-state index in [0.29, 0.717) is 13.2 Å². The Morgan fingerprint density at radius 2 is 1.90 bits per heavy atom. The van der Waals surface area contributed by atoms with E-state index >= 15 is 0 Å². The smallest absolute Gasteiger partial charge is 0.311 e. The molecule has 0 bridgehead atoms. The molecule has 1 aliphatic carbocycles. The van der Waals surface area contributed by atoms with Crippen LogP contribution in [0.5, 0.6) is 0 Å². The van der Waals surface area contributed by atoms with Crippen molar-refractivity contribution in [2.75, 3.05) is 19.8 Å². The number of hydrogen-bond donors (Lipinski definition) is 1. The molecule has 0 radical (unpaired) electrons. The Morgan fingerprint density at radius 1 is 1.24 bits per heavy atom. The molecule has 0 spiro atoms. The molecule has 2 unspecified atom stereocenters. The van der Waals surface area contributed by atoms with E-state index in [9.17, 15) is 14.7 Å². The predicted molar refractivity (Wildman–Crippen MR) is 78.9 cm³/mol. The largest absolute Gasteiger partial charge is 0.481 e. The van der Waals surface area contributed by atoms with Crippen LogP contribution in [0.2, 0.25) is 0 Å². The van der Waals surface area contributed by atoms with Gasteiger partial charge in [0, 0.05) is 12.0 Å². The van der Waals surface area contributed by atoms with E-state index in [1.54, 1.807) is 0 Å². The Labute approximate surface area is 126 Å². The average Bonchev–Trinajstić information content (AvgIpc) is 3.13. The number of ether oxygens (including phenoxy) is 1. The molecular formula is C16H27NO4. The van der Waals surface area contributed by atoms with Crippen LogP contribution in [-0.4, -0.2) is 47.7 Å². The van der Waals surface area contributed by atoms with Gasteiger partial charge in [0.05, 0.1) is 19.3 Å². The summed E-state index contributed by atoms with van der Waals surface area (Å²) in [5.41, 5.74) is -0.263. The van der Waals surface area contributed by atoms with Crippen molar-refractivity contribution in [2.45, 2.75) is 58.4 Å². The molecule has 0 aromatic carbocycles. The molecular weight excluding hydrogens is 270 g/mol. The first-order valence-corrected chi connectivity index (χ1v) is 8.17. The summed E-state index contributed by atoms with van der Waals surface area (Å²) in [6.45, 7) is 5.29. The third-order valence-electron chi connectivity index (χ3n) is 5.18. The number of hydrogen-bond acceptors (Lipinski definition) is 3. The molecule has 1 N–H and O–H groups in total. The summed E-state index contributed by atoms with van der Waals surface area (Å²) in [5.74, 6) is -1.29. The number of nitrogens with zero attached hydrogens (tertiary/aromatic N) is 1. The highest BCUT2D eigenvalue weighted by molar-refractivity contribution is 5.84. The zero-order valence-corrected chi connectivity index (χ0v) is 13.1. The van der Waals surface area contributed by atoms with Gasteiger partial charge in [-0.2, -0.15) is 0 Å². The van der Waals surface area contributed by atoms with Crippen LogP contribution in [0.3, 0.4) is 0 Å². The monoisotopic (exact) mass is 297 g/mol. The van der Waals surface area contributed by atoms with Crippen molar-refractivity contribution in [3.05, 3.63) is 0 Å². The van der Waals surface area contributed by atoms with Crippen molar-refractivity contribution in [3.63, 3.8) is 0 Å². The molecule has 2 atom stereocenters. The number of carboxylic acid groups (broad SMARTS) is 1. The number of aliphatic carboxylic acids is 1. The predicted octanol–water partition coefficient (Wildman–Crippen LogP) is 2.29. The first kappa shape index (κ1) is 16.3. The zero-order valence-electron chi connectivity index (χ0n) is 13.1. The van der Waals surface area contributed by atoms with E-state index in [1.165, 1.54) is 0 Å². The van der Waals surface area contributed by atoms with Crippen LogP contribution in [0.1, 0.15) is 52.4 Å². The van der Waals surface area contributed by atoms with Gasteiger partial charge in [-0.25, -0.2) is 0 Å². The van der Waals surface area contributed by atoms with Crippen LogP contribution >= 0.6 is 0 Å². The second-order valence-corrected chi connectivity index (χ2v) is 6.39. The van der Waals surface area contributed by atoms with Crippen molar-refractivity contribution in [3.8, 4) is 0 Å². The molecule has 1 heterocycles. The molecule has 0 aromatic heterocycles. The fourth-order valence-electron chi connectivity index (χ4n) is 3.82. The van der Waals surface area contributed by atoms with Crippen LogP contribution < -0.4 is 0 Å². The third-order valence-corrected chi connectivity index (χ3v) is 5.18. The highest BCUT2D eigenvalue weighted by Crippen LogP contribution is 2.43. The van der Waals surface area contributed by atoms with Gasteiger partial charge in [0.15, 0.2) is 0 Å². The molecule has 2 aliphatic rings. The van der Waals surface area contributed by atoms with E-state index in [4.69, 9.17) is 4.74 Å². The van der Waals surface area contributed by atoms with Crippen LogP contribution in [0, 0.1) is 11.3 Å². The summed E-state index contributed by atoms with van der Waals surface area (Å²) in [6.07, 6.45) is 5.76. The van der Waals surface area contributed by atoms with E-state index in [0.717, 1.165) is 38.5 Å². The topological polar surface area (TPSA) is 66.8 Å². The molecule has 2 rings (SSSR count). The van der Waals surface area contributed by atoms with Crippen LogP contribution in [0.25, 0.3) is 0 Å². The second-order valence-electron chi connectivity index (χ2n) is 6.39. The van der Waals surface area contributed by atoms with Gasteiger partial charge in [0.2, 0.25) is 5.91 Å². The molecule has 21 heavy (non-hydrogen) atoms. The molecule has 1 saturated carbocycles. The van der Waals surface area contributed by atoms with Gasteiger partial charge in [0.25, 0.3) is 0 Å². The lowest BCUT2D eigenvalue weighted by Crippen LogP contribution is -2.52. The first-order valence-electron chi connectivity index (χ1n) is 8.17. The molecule has 5 nitrogen and oxygen atoms in total. The highest BCUT2D eigenvalue weighted by Gasteiger charge is 2.47. The minimum atomic E-state index is -0.858. The molecule has 2 fully saturated rings. The van der Waals surface area contributed by atoms with Gasteiger partial charge in [0.1, 0.15) is 5.92 Å². The molecule has 5 heteroatoms. The SMILES string of the molecule is CCCN(C(=O)C1(CC)CCCC1)C1COCC1C(=O)O. The number of amides is 1. The van der Waals surface area contributed by atoms with Gasteiger partial charge in [-0.1, -0.05) is 26.7 Å². The minimum absolute atomic E-state index is 0.158. The van der Waals surface area contributed by atoms with E-state index in [2.05, 4.69) is 6.92 Å². The Kier molecular flexibility index (Phi) is 5.25. The number of carbonyl (C=O) groups excluding carboxylic acids is 1. The van der Waals surface area contributed by atoms with Crippen molar-refractivity contribution in [1.29, 1.82) is 0 Å². The second kappa shape index (κ2) is 6.77. The normalized spacial score (nSPS) is 27.7. The Hall–Kier alpha value is -1.10. The van der Waals surface area contributed by atoms with Gasteiger partial charge < -0.3 is 14.7 Å². The Bertz CT molecular complexity index is 390. The lowest BCUT2D eigenvalue weighted by Gasteiger charge is -2.38. The van der Waals surface area contributed by atoms with Crippen molar-refractivity contribution in [2.24, 2.45) is 11.3 Å². The van der Waals surface area contributed by atoms with E-state index < -0.39 is 11.9 Å². The third kappa shape index (κ3) is 3.07. The fourth-order valence-corrected chi connectivity index (χ4v) is 3.82. The molecule has 1 aliphatic heterocycles. The van der Waals surface area contributed by atoms with Gasteiger partial charge in [-0.15, -0.1) is 0 Å². The molecule has 1 amide bonds. The summed E-state index contributed by atoms with van der Waals surface area (Å²) < 4.78 is 5.36. The van der Waals surface area contributed by atoms with Crippen molar-refractivity contribution in [1.82, 2.24) is 4.90 Å². The summed E-state index contributed by atoms with van der Waals surface area (Å²) in [5, 5.41) is 9.35. The summed E-state index contributed by atoms with van der Waals surface area (Å²) >= 11 is 0. The summed E-state index contributed by atoms with van der Waals surface area (Å²) in [7, 11) is 0. The van der Waals surface area contributed by atoms with Gasteiger partial charge >= 0.3 is 5.97 Å². The molecule has 120 valence electrons. The average molecular weight is 297 g/mol. The highest BCUT2D eigenvalue weighted by atomic mass is 16.5. The molecule has 1 saturated heterocycles. The standard InChI is InChI=1S/C16H27NO4/c1-3-9-17(13-11-21-10-12(13)14(18)19)15(20)16(4-2)7-5-6-8-16/h12-13H,3-11H2,1-2H3,(H,18,19). The Morgan fingerprint density at radius 3 is 2.43 bits per heavy atom. The quantitative estimate of drug-likeness (QED) is 0.817. The van der Waals surface area contributed by atoms with Crippen LogP contribution in [-0.2, 0) is 14.3 Å². The maximum atomic E-state index is 13.1. The van der Waals surface area contributed by atoms with E-state index in [1.807, 2.05) is 11.8 Å². The van der Waals surface area contributed by atoms with E-state index in [-0.39, 0.29) is 24.0 Å². The van der Waals surface area contributed by atoms with Crippen molar-refractivity contribution >= 4 is 11.9 Å². The zero-order chi connectivity index (χ0) is 15.5. The Balaban J connectivity index is 2.21. The van der Waals surface area contributed by atoms with Crippen molar-refractivity contribution < 1.29 is 19.4 Å².